The van der Waals surface area contributed by atoms with Gasteiger partial charge in [-0.1, -0.05) is 0 Å². The zero-order valence-electron chi connectivity index (χ0n) is 18.3. The van der Waals surface area contributed by atoms with E-state index >= 15 is 4.39 Å². The molecule has 0 radical (unpaired) electrons. The van der Waals surface area contributed by atoms with Crippen LogP contribution in [0, 0.1) is 5.82 Å². The molecule has 4 heterocycles. The highest BCUT2D eigenvalue weighted by atomic mass is 19.1. The third-order valence-corrected chi connectivity index (χ3v) is 6.07. The van der Waals surface area contributed by atoms with Crippen molar-refractivity contribution in [3.63, 3.8) is 0 Å². The van der Waals surface area contributed by atoms with Gasteiger partial charge in [-0.3, -0.25) is 25.4 Å². The maximum absolute atomic E-state index is 15.4. The Morgan fingerprint density at radius 1 is 1.24 bits per heavy atom. The number of carbonyl (C=O) groups is 1. The van der Waals surface area contributed by atoms with Crippen molar-refractivity contribution in [2.75, 3.05) is 50.2 Å². The van der Waals surface area contributed by atoms with E-state index in [1.807, 2.05) is 23.4 Å². The van der Waals surface area contributed by atoms with Crippen molar-refractivity contribution in [3.05, 3.63) is 52.5 Å². The van der Waals surface area contributed by atoms with Crippen molar-refractivity contribution in [1.29, 1.82) is 0 Å². The predicted molar refractivity (Wildman–Crippen MR) is 121 cm³/mol. The molecule has 1 saturated heterocycles. The van der Waals surface area contributed by atoms with Crippen molar-refractivity contribution >= 4 is 28.3 Å². The average molecular weight is 453 g/mol. The quantitative estimate of drug-likeness (QED) is 0.572. The van der Waals surface area contributed by atoms with Gasteiger partial charge in [-0.15, -0.1) is 0 Å². The van der Waals surface area contributed by atoms with Gasteiger partial charge in [-0.05, 0) is 20.0 Å². The van der Waals surface area contributed by atoms with E-state index in [0.717, 1.165) is 13.1 Å². The molecule has 172 valence electrons. The normalized spacial score (nSPS) is 18.2. The molecule has 3 aromatic rings. The van der Waals surface area contributed by atoms with E-state index in [1.54, 1.807) is 0 Å². The van der Waals surface area contributed by atoms with Crippen LogP contribution in [0.2, 0.25) is 0 Å². The van der Waals surface area contributed by atoms with Crippen LogP contribution in [-0.2, 0) is 0 Å². The van der Waals surface area contributed by atoms with Crippen LogP contribution in [0.5, 0.6) is 5.75 Å². The zero-order chi connectivity index (χ0) is 23.1. The number of benzene rings is 1. The number of anilines is 2. The third kappa shape index (κ3) is 3.74. The Balaban J connectivity index is 1.58. The zero-order valence-corrected chi connectivity index (χ0v) is 18.3. The number of carbonyl (C=O) groups excluding carboxylic acids is 1. The molecule has 2 aliphatic heterocycles. The number of amides is 1. The Labute approximate surface area is 189 Å². The minimum Gasteiger partial charge on any atom is -0.487 e. The lowest BCUT2D eigenvalue weighted by molar-refractivity contribution is 0.0960. The second kappa shape index (κ2) is 8.32. The number of hydrogen-bond donors (Lipinski definition) is 2. The molecule has 0 saturated carbocycles. The Kier molecular flexibility index (Phi) is 5.33. The topological polar surface area (TPSA) is 105 Å². The molecule has 2 aliphatic rings. The van der Waals surface area contributed by atoms with Gasteiger partial charge >= 0.3 is 0 Å². The van der Waals surface area contributed by atoms with E-state index in [4.69, 9.17) is 4.74 Å². The molecule has 0 bridgehead atoms. The number of nitrogens with zero attached hydrogens (tertiary/aromatic N) is 5. The highest BCUT2D eigenvalue weighted by Gasteiger charge is 2.31. The summed E-state index contributed by atoms with van der Waals surface area (Å²) in [6.45, 7) is 5.14. The summed E-state index contributed by atoms with van der Waals surface area (Å²) in [5.41, 5.74) is 5.29. The molecule has 1 aromatic carbocycles. The summed E-state index contributed by atoms with van der Waals surface area (Å²) >= 11 is 0. The molecular formula is C22H24FN7O3. The van der Waals surface area contributed by atoms with E-state index < -0.39 is 17.2 Å². The Hall–Kier alpha value is -3.73. The van der Waals surface area contributed by atoms with Crippen molar-refractivity contribution in [2.45, 2.75) is 13.0 Å². The highest BCUT2D eigenvalue weighted by molar-refractivity contribution is 6.00. The lowest BCUT2D eigenvalue weighted by Gasteiger charge is -2.37. The van der Waals surface area contributed by atoms with Crippen molar-refractivity contribution < 1.29 is 13.9 Å². The Bertz CT molecular complexity index is 1270. The molecule has 0 spiro atoms. The Morgan fingerprint density at radius 3 is 2.76 bits per heavy atom. The van der Waals surface area contributed by atoms with Gasteiger partial charge in [-0.25, -0.2) is 9.37 Å². The number of aromatic nitrogens is 3. The van der Waals surface area contributed by atoms with E-state index in [1.165, 1.54) is 30.9 Å². The van der Waals surface area contributed by atoms with Crippen LogP contribution in [0.1, 0.15) is 23.3 Å². The molecule has 0 aliphatic carbocycles. The molecule has 1 unspecified atom stereocenters. The van der Waals surface area contributed by atoms with Crippen molar-refractivity contribution in [1.82, 2.24) is 24.9 Å². The average Bonchev–Trinajstić information content (AvgIpc) is 2.82. The minimum absolute atomic E-state index is 0.106. The molecule has 33 heavy (non-hydrogen) atoms. The van der Waals surface area contributed by atoms with Crippen LogP contribution < -0.4 is 25.9 Å². The summed E-state index contributed by atoms with van der Waals surface area (Å²) in [5, 5.41) is 0.110. The van der Waals surface area contributed by atoms with Gasteiger partial charge in [0.05, 0.1) is 23.1 Å². The molecule has 10 nitrogen and oxygen atoms in total. The van der Waals surface area contributed by atoms with E-state index in [0.29, 0.717) is 42.5 Å². The van der Waals surface area contributed by atoms with Gasteiger partial charge in [0.15, 0.2) is 17.4 Å². The first kappa shape index (κ1) is 21.1. The summed E-state index contributed by atoms with van der Waals surface area (Å²) in [5.74, 6) is -0.509. The summed E-state index contributed by atoms with van der Waals surface area (Å²) in [6, 6.07) is 1.07. The van der Waals surface area contributed by atoms with Gasteiger partial charge < -0.3 is 19.1 Å². The molecule has 2 aromatic heterocycles. The van der Waals surface area contributed by atoms with Gasteiger partial charge in [0.25, 0.3) is 5.91 Å². The maximum Gasteiger partial charge on any atom is 0.275 e. The lowest BCUT2D eigenvalue weighted by Crippen LogP contribution is -2.45. The number of nitrogens with one attached hydrogen (secondary N) is 2. The number of rotatable bonds is 4. The first-order valence-electron chi connectivity index (χ1n) is 10.7. The van der Waals surface area contributed by atoms with Gasteiger partial charge in [0.1, 0.15) is 17.9 Å². The first-order chi connectivity index (χ1) is 15.9. The summed E-state index contributed by atoms with van der Waals surface area (Å²) in [6.07, 6.45) is 5.91. The largest absolute Gasteiger partial charge is 0.487 e. The molecule has 1 fully saturated rings. The summed E-state index contributed by atoms with van der Waals surface area (Å²) in [4.78, 5) is 38.1. The summed E-state index contributed by atoms with van der Waals surface area (Å²) in [7, 11) is 2.03. The van der Waals surface area contributed by atoms with Crippen LogP contribution in [0.3, 0.4) is 0 Å². The van der Waals surface area contributed by atoms with Crippen LogP contribution in [0.25, 0.3) is 10.9 Å². The molecule has 5 rings (SSSR count). The highest BCUT2D eigenvalue weighted by Crippen LogP contribution is 2.42. The lowest BCUT2D eigenvalue weighted by atomic mass is 10.0. The number of likely N-dealkylation sites (N-methyl/N-ethyl adjacent to an activating group) is 1. The number of hydrazine groups is 1. The fraction of sp³-hybridized carbons (Fsp3) is 0.364. The number of piperazine rings is 1. The fourth-order valence-electron chi connectivity index (χ4n) is 4.25. The number of halogens is 1. The molecule has 1 amide bonds. The third-order valence-electron chi connectivity index (χ3n) is 6.07. The number of pyridine rings is 1. The standard InChI is InChI=1S/C22H24FN7O3/c1-13-12-33-21-18-14(9-16(23)19(21)29-7-5-28(2)6-8-29)20(31)15(11-30(13)18)22(32)27-26-17-10-24-3-4-25-17/h3-4,9-11,13H,5-8,12H2,1-2H3,(H,25,26)(H,27,32). The number of hydrogen-bond acceptors (Lipinski definition) is 8. The SMILES string of the molecule is CC1COc2c(N3CCN(C)CC3)c(F)cc3c(=O)c(C(=O)NNc4cnccn4)cn1c23. The van der Waals surface area contributed by atoms with Crippen molar-refractivity contribution in [2.24, 2.45) is 0 Å². The minimum atomic E-state index is -0.653. The van der Waals surface area contributed by atoms with E-state index in [-0.39, 0.29) is 17.0 Å². The van der Waals surface area contributed by atoms with Crippen molar-refractivity contribution in [3.8, 4) is 5.75 Å². The Morgan fingerprint density at radius 2 is 2.03 bits per heavy atom. The smallest absolute Gasteiger partial charge is 0.275 e. The second-order valence-electron chi connectivity index (χ2n) is 8.33. The van der Waals surface area contributed by atoms with E-state index in [2.05, 4.69) is 25.7 Å². The maximum atomic E-state index is 15.4. The van der Waals surface area contributed by atoms with Gasteiger partial charge in [0, 0.05) is 44.8 Å². The van der Waals surface area contributed by atoms with Gasteiger partial charge in [0.2, 0.25) is 5.43 Å². The molecular weight excluding hydrogens is 429 g/mol. The molecule has 11 heteroatoms. The molecule has 1 atom stereocenters. The van der Waals surface area contributed by atoms with Gasteiger partial charge in [-0.2, -0.15) is 0 Å². The monoisotopic (exact) mass is 453 g/mol. The molecule has 2 N–H and O–H groups in total. The number of ether oxygens (including phenoxy) is 1. The van der Waals surface area contributed by atoms with Crippen LogP contribution in [-0.4, -0.2) is 65.2 Å². The second-order valence-corrected chi connectivity index (χ2v) is 8.33. The van der Waals surface area contributed by atoms with Crippen LogP contribution in [0.4, 0.5) is 15.9 Å². The first-order valence-corrected chi connectivity index (χ1v) is 10.7. The predicted octanol–water partition coefficient (Wildman–Crippen LogP) is 1.39. The fourth-order valence-corrected chi connectivity index (χ4v) is 4.25. The van der Waals surface area contributed by atoms with Crippen LogP contribution in [0.15, 0.2) is 35.6 Å². The van der Waals surface area contributed by atoms with E-state index in [9.17, 15) is 9.59 Å². The van der Waals surface area contributed by atoms with Crippen LogP contribution >= 0.6 is 0 Å². The summed E-state index contributed by atoms with van der Waals surface area (Å²) < 4.78 is 23.2.